The largest absolute Gasteiger partial charge is 0.378 e. The van der Waals surface area contributed by atoms with E-state index in [-0.39, 0.29) is 17.5 Å². The molecule has 0 aliphatic carbocycles. The molecule has 0 bridgehead atoms. The first-order valence-electron chi connectivity index (χ1n) is 6.78. The fourth-order valence-corrected chi connectivity index (χ4v) is 2.21. The highest BCUT2D eigenvalue weighted by Crippen LogP contribution is 2.28. The molecule has 0 fully saturated rings. The van der Waals surface area contributed by atoms with E-state index in [9.17, 15) is 14.5 Å². The Morgan fingerprint density at radius 3 is 2.67 bits per heavy atom. The van der Waals surface area contributed by atoms with Crippen molar-refractivity contribution in [2.24, 2.45) is 0 Å². The van der Waals surface area contributed by atoms with Gasteiger partial charge in [-0.05, 0) is 36.6 Å². The third kappa shape index (κ3) is 3.56. The third-order valence-electron chi connectivity index (χ3n) is 3.42. The maximum atomic E-state index is 13.3. The third-order valence-corrected chi connectivity index (χ3v) is 3.42. The molecule has 1 atom stereocenters. The number of rotatable bonds is 5. The van der Waals surface area contributed by atoms with Crippen molar-refractivity contribution < 1.29 is 9.31 Å². The van der Waals surface area contributed by atoms with Crippen molar-refractivity contribution >= 4 is 11.4 Å². The Hall–Kier alpha value is -2.43. The summed E-state index contributed by atoms with van der Waals surface area (Å²) in [5.41, 5.74) is 2.47. The molecule has 0 aromatic heterocycles. The summed E-state index contributed by atoms with van der Waals surface area (Å²) < 4.78 is 13.3. The van der Waals surface area contributed by atoms with E-state index in [2.05, 4.69) is 5.32 Å². The Kier molecular flexibility index (Phi) is 4.52. The summed E-state index contributed by atoms with van der Waals surface area (Å²) in [6.45, 7) is 3.86. The summed E-state index contributed by atoms with van der Waals surface area (Å²) in [6, 6.07) is 11.0. The molecule has 2 aromatic rings. The molecular formula is C16H17FN2O2. The Morgan fingerprint density at radius 1 is 1.29 bits per heavy atom. The topological polar surface area (TPSA) is 55.2 Å². The van der Waals surface area contributed by atoms with Gasteiger partial charge in [0.25, 0.3) is 5.69 Å². The van der Waals surface area contributed by atoms with Crippen LogP contribution in [-0.2, 0) is 0 Å². The minimum absolute atomic E-state index is 0.0391. The number of benzene rings is 2. The van der Waals surface area contributed by atoms with Crippen molar-refractivity contribution in [1.82, 2.24) is 0 Å². The molecule has 110 valence electrons. The van der Waals surface area contributed by atoms with E-state index in [1.54, 1.807) is 12.1 Å². The molecule has 2 aromatic carbocycles. The van der Waals surface area contributed by atoms with Crippen molar-refractivity contribution in [2.45, 2.75) is 26.3 Å². The van der Waals surface area contributed by atoms with Crippen molar-refractivity contribution in [3.63, 3.8) is 0 Å². The van der Waals surface area contributed by atoms with E-state index in [4.69, 9.17) is 0 Å². The Balaban J connectivity index is 2.30. The summed E-state index contributed by atoms with van der Waals surface area (Å²) >= 11 is 0. The molecule has 0 radical (unpaired) electrons. The van der Waals surface area contributed by atoms with Gasteiger partial charge < -0.3 is 5.32 Å². The maximum Gasteiger partial charge on any atom is 0.271 e. The zero-order valence-electron chi connectivity index (χ0n) is 12.0. The van der Waals surface area contributed by atoms with Gasteiger partial charge in [0.05, 0.1) is 11.0 Å². The van der Waals surface area contributed by atoms with E-state index >= 15 is 0 Å². The molecule has 2 rings (SSSR count). The molecule has 4 nitrogen and oxygen atoms in total. The number of non-ortho nitro benzene ring substituents is 1. The number of aryl methyl sites for hydroxylation is 1. The first-order chi connectivity index (χ1) is 10.0. The highest BCUT2D eigenvalue weighted by molar-refractivity contribution is 5.57. The molecule has 0 aliphatic heterocycles. The zero-order valence-corrected chi connectivity index (χ0v) is 12.0. The molecule has 0 heterocycles. The molecule has 21 heavy (non-hydrogen) atoms. The highest BCUT2D eigenvalue weighted by Gasteiger charge is 2.14. The number of hydrogen-bond donors (Lipinski definition) is 1. The SMILES string of the molecule is CCC(Nc1cc([N+](=O)[O-])ccc1C)c1cccc(F)c1. The monoisotopic (exact) mass is 288 g/mol. The molecule has 0 saturated carbocycles. The lowest BCUT2D eigenvalue weighted by atomic mass is 10.0. The molecule has 1 N–H and O–H groups in total. The molecule has 0 amide bonds. The van der Waals surface area contributed by atoms with Crippen LogP contribution in [0, 0.1) is 22.9 Å². The quantitative estimate of drug-likeness (QED) is 0.646. The van der Waals surface area contributed by atoms with Crippen molar-refractivity contribution in [3.05, 3.63) is 69.5 Å². The van der Waals surface area contributed by atoms with Gasteiger partial charge in [0.2, 0.25) is 0 Å². The van der Waals surface area contributed by atoms with E-state index < -0.39 is 4.92 Å². The van der Waals surface area contributed by atoms with E-state index in [1.165, 1.54) is 24.3 Å². The predicted molar refractivity (Wildman–Crippen MR) is 80.9 cm³/mol. The van der Waals surface area contributed by atoms with Crippen LogP contribution in [0.3, 0.4) is 0 Å². The van der Waals surface area contributed by atoms with Crippen molar-refractivity contribution in [3.8, 4) is 0 Å². The van der Waals surface area contributed by atoms with Gasteiger partial charge in [0.15, 0.2) is 0 Å². The Morgan fingerprint density at radius 2 is 2.05 bits per heavy atom. The number of hydrogen-bond acceptors (Lipinski definition) is 3. The molecule has 0 spiro atoms. The van der Waals surface area contributed by atoms with Gasteiger partial charge in [-0.15, -0.1) is 0 Å². The number of nitrogens with one attached hydrogen (secondary N) is 1. The van der Waals surface area contributed by atoms with Gasteiger partial charge in [-0.2, -0.15) is 0 Å². The second-order valence-corrected chi connectivity index (χ2v) is 4.92. The van der Waals surface area contributed by atoms with Crippen molar-refractivity contribution in [1.29, 1.82) is 0 Å². The van der Waals surface area contributed by atoms with Gasteiger partial charge in [-0.3, -0.25) is 10.1 Å². The van der Waals surface area contributed by atoms with Crippen LogP contribution in [0.25, 0.3) is 0 Å². The lowest BCUT2D eigenvalue weighted by Crippen LogP contribution is -2.11. The van der Waals surface area contributed by atoms with Gasteiger partial charge in [-0.1, -0.05) is 25.1 Å². The molecule has 0 saturated heterocycles. The average Bonchev–Trinajstić information content (AvgIpc) is 2.46. The summed E-state index contributed by atoms with van der Waals surface area (Å²) in [7, 11) is 0. The van der Waals surface area contributed by atoms with E-state index in [1.807, 2.05) is 19.9 Å². The van der Waals surface area contributed by atoms with Crippen LogP contribution in [0.1, 0.15) is 30.5 Å². The van der Waals surface area contributed by atoms with Crippen LogP contribution < -0.4 is 5.32 Å². The first-order valence-corrected chi connectivity index (χ1v) is 6.78. The number of nitro benzene ring substituents is 1. The zero-order chi connectivity index (χ0) is 15.4. The molecule has 1 unspecified atom stereocenters. The normalized spacial score (nSPS) is 12.0. The minimum atomic E-state index is -0.423. The highest BCUT2D eigenvalue weighted by atomic mass is 19.1. The second kappa shape index (κ2) is 6.35. The van der Waals surface area contributed by atoms with E-state index in [0.717, 1.165) is 17.5 Å². The van der Waals surface area contributed by atoms with Gasteiger partial charge in [-0.25, -0.2) is 4.39 Å². The van der Waals surface area contributed by atoms with Crippen LogP contribution >= 0.6 is 0 Å². The first kappa shape index (κ1) is 15.0. The number of anilines is 1. The van der Waals surface area contributed by atoms with Crippen molar-refractivity contribution in [2.75, 3.05) is 5.32 Å². The lowest BCUT2D eigenvalue weighted by Gasteiger charge is -2.20. The predicted octanol–water partition coefficient (Wildman–Crippen LogP) is 4.61. The summed E-state index contributed by atoms with van der Waals surface area (Å²) in [6.07, 6.45) is 0.742. The second-order valence-electron chi connectivity index (χ2n) is 4.92. The molecular weight excluding hydrogens is 271 g/mol. The molecule has 0 aliphatic rings. The van der Waals surface area contributed by atoms with Gasteiger partial charge in [0.1, 0.15) is 5.82 Å². The van der Waals surface area contributed by atoms with Crippen LogP contribution in [0.4, 0.5) is 15.8 Å². The Labute approximate surface area is 122 Å². The smallest absolute Gasteiger partial charge is 0.271 e. The van der Waals surface area contributed by atoms with Gasteiger partial charge in [0, 0.05) is 17.8 Å². The summed E-state index contributed by atoms with van der Waals surface area (Å²) in [4.78, 5) is 10.4. The number of nitrogens with zero attached hydrogens (tertiary/aromatic N) is 1. The van der Waals surface area contributed by atoms with Crippen LogP contribution in [0.2, 0.25) is 0 Å². The van der Waals surface area contributed by atoms with E-state index in [0.29, 0.717) is 5.69 Å². The Bertz CT molecular complexity index is 658. The lowest BCUT2D eigenvalue weighted by molar-refractivity contribution is -0.384. The van der Waals surface area contributed by atoms with Crippen LogP contribution in [0.5, 0.6) is 0 Å². The molecule has 5 heteroatoms. The number of nitro groups is 1. The minimum Gasteiger partial charge on any atom is -0.378 e. The average molecular weight is 288 g/mol. The standard InChI is InChI=1S/C16H17FN2O2/c1-3-15(12-5-4-6-13(17)9-12)18-16-10-14(19(20)21)8-7-11(16)2/h4-10,15,18H,3H2,1-2H3. The van der Waals surface area contributed by atoms with Crippen LogP contribution in [-0.4, -0.2) is 4.92 Å². The fourth-order valence-electron chi connectivity index (χ4n) is 2.21. The number of halogens is 1. The van der Waals surface area contributed by atoms with Crippen LogP contribution in [0.15, 0.2) is 42.5 Å². The fraction of sp³-hybridized carbons (Fsp3) is 0.250. The van der Waals surface area contributed by atoms with Gasteiger partial charge >= 0.3 is 0 Å². The maximum absolute atomic E-state index is 13.3. The summed E-state index contributed by atoms with van der Waals surface area (Å²) in [5, 5.41) is 14.1. The summed E-state index contributed by atoms with van der Waals surface area (Å²) in [5.74, 6) is -0.288.